The van der Waals surface area contributed by atoms with Crippen LogP contribution in [0.3, 0.4) is 0 Å². The fourth-order valence-electron chi connectivity index (χ4n) is 4.07. The Kier molecular flexibility index (Phi) is 6.96. The fraction of sp³-hybridized carbons (Fsp3) is 0.391. The summed E-state index contributed by atoms with van der Waals surface area (Å²) in [6.45, 7) is 3.51. The molecule has 4 rings (SSSR count). The lowest BCUT2D eigenvalue weighted by Gasteiger charge is -2.34. The first-order chi connectivity index (χ1) is 16.3. The second-order valence-corrected chi connectivity index (χ2v) is 10.8. The van der Waals surface area contributed by atoms with Gasteiger partial charge < -0.3 is 14.4 Å². The van der Waals surface area contributed by atoms with E-state index in [9.17, 15) is 18.0 Å². The summed E-state index contributed by atoms with van der Waals surface area (Å²) in [5.41, 5.74) is 1.20. The summed E-state index contributed by atoms with van der Waals surface area (Å²) in [5.74, 6) is 0.795. The van der Waals surface area contributed by atoms with Crippen molar-refractivity contribution in [2.45, 2.75) is 24.8 Å². The molecule has 9 nitrogen and oxygen atoms in total. The van der Waals surface area contributed by atoms with Crippen LogP contribution in [0.25, 0.3) is 10.2 Å². The van der Waals surface area contributed by atoms with Gasteiger partial charge in [-0.25, -0.2) is 8.42 Å². The summed E-state index contributed by atoms with van der Waals surface area (Å²) in [6.07, 6.45) is 0.818. The van der Waals surface area contributed by atoms with E-state index >= 15 is 0 Å². The maximum atomic E-state index is 13.3. The van der Waals surface area contributed by atoms with Crippen LogP contribution < -0.4 is 14.3 Å². The van der Waals surface area contributed by atoms with Crippen molar-refractivity contribution in [3.63, 3.8) is 0 Å². The van der Waals surface area contributed by atoms with E-state index in [4.69, 9.17) is 9.47 Å². The Labute approximate surface area is 202 Å². The lowest BCUT2D eigenvalue weighted by molar-refractivity contribution is 0.0697. The number of ether oxygens (including phenoxy) is 2. The van der Waals surface area contributed by atoms with E-state index in [0.717, 1.165) is 23.3 Å². The van der Waals surface area contributed by atoms with Crippen molar-refractivity contribution in [1.29, 1.82) is 0 Å². The lowest BCUT2D eigenvalue weighted by atomic mass is 10.1. The van der Waals surface area contributed by atoms with Gasteiger partial charge in [-0.1, -0.05) is 18.3 Å². The topological polar surface area (TPSA) is 98.2 Å². The Morgan fingerprint density at radius 1 is 1.00 bits per heavy atom. The number of aromatic nitrogens is 1. The number of hydrogen-bond donors (Lipinski definition) is 0. The molecule has 0 atom stereocenters. The van der Waals surface area contributed by atoms with E-state index in [-0.39, 0.29) is 41.9 Å². The highest BCUT2D eigenvalue weighted by Gasteiger charge is 2.31. The third-order valence-corrected chi connectivity index (χ3v) is 8.72. The summed E-state index contributed by atoms with van der Waals surface area (Å²) >= 11 is 1.06. The van der Waals surface area contributed by atoms with Crippen LogP contribution in [0.2, 0.25) is 0 Å². The van der Waals surface area contributed by atoms with Crippen LogP contribution in [0.1, 0.15) is 23.7 Å². The standard InChI is InChI=1S/C23H27N3O6S2/c1-4-9-26-18-7-6-17(15-21(18)33-23(26)28)34(29,30)25-12-10-24(11-13-25)22(27)16-5-8-19(31-2)20(14-16)32-3/h5-8,14-15H,4,9-13H2,1-3H3. The van der Waals surface area contributed by atoms with Crippen molar-refractivity contribution in [3.8, 4) is 11.5 Å². The number of nitrogens with zero attached hydrogens (tertiary/aromatic N) is 3. The minimum absolute atomic E-state index is 0.0892. The number of benzene rings is 2. The quantitative estimate of drug-likeness (QED) is 0.490. The number of sulfonamides is 1. The molecule has 2 aromatic carbocycles. The van der Waals surface area contributed by atoms with Gasteiger partial charge >= 0.3 is 4.87 Å². The van der Waals surface area contributed by atoms with Crippen molar-refractivity contribution in [2.24, 2.45) is 0 Å². The molecule has 182 valence electrons. The van der Waals surface area contributed by atoms with E-state index < -0.39 is 10.0 Å². The minimum atomic E-state index is -3.75. The van der Waals surface area contributed by atoms with E-state index in [1.54, 1.807) is 45.9 Å². The van der Waals surface area contributed by atoms with Gasteiger partial charge in [-0.3, -0.25) is 14.2 Å². The highest BCUT2D eigenvalue weighted by atomic mass is 32.2. The summed E-state index contributed by atoms with van der Waals surface area (Å²) < 4.78 is 40.7. The van der Waals surface area contributed by atoms with Gasteiger partial charge in [0, 0.05) is 38.3 Å². The van der Waals surface area contributed by atoms with Crippen molar-refractivity contribution < 1.29 is 22.7 Å². The molecule has 0 bridgehead atoms. The van der Waals surface area contributed by atoms with Crippen LogP contribution in [-0.2, 0) is 16.6 Å². The fourth-order valence-corrected chi connectivity index (χ4v) is 6.56. The van der Waals surface area contributed by atoms with Crippen molar-refractivity contribution in [2.75, 3.05) is 40.4 Å². The predicted molar refractivity (Wildman–Crippen MR) is 131 cm³/mol. The number of carbonyl (C=O) groups is 1. The molecule has 3 aromatic rings. The van der Waals surface area contributed by atoms with Crippen LogP contribution in [-0.4, -0.2) is 68.5 Å². The van der Waals surface area contributed by atoms with Gasteiger partial charge in [-0.05, 0) is 42.8 Å². The molecule has 1 amide bonds. The summed E-state index contributed by atoms with van der Waals surface area (Å²) in [5, 5.41) is 0. The van der Waals surface area contributed by atoms with Crippen molar-refractivity contribution in [1.82, 2.24) is 13.8 Å². The lowest BCUT2D eigenvalue weighted by Crippen LogP contribution is -2.50. The second kappa shape index (κ2) is 9.77. The molecule has 0 radical (unpaired) electrons. The third kappa shape index (κ3) is 4.42. The molecule has 1 aliphatic heterocycles. The average molecular weight is 506 g/mol. The van der Waals surface area contributed by atoms with Crippen LogP contribution in [0.15, 0.2) is 46.1 Å². The minimum Gasteiger partial charge on any atom is -0.493 e. The maximum absolute atomic E-state index is 13.3. The molecule has 34 heavy (non-hydrogen) atoms. The molecule has 0 spiro atoms. The Hall–Kier alpha value is -2.89. The molecule has 11 heteroatoms. The number of carbonyl (C=O) groups excluding carboxylic acids is 1. The number of piperazine rings is 1. The first-order valence-electron chi connectivity index (χ1n) is 10.9. The molecule has 1 fully saturated rings. The number of aryl methyl sites for hydroxylation is 1. The second-order valence-electron chi connectivity index (χ2n) is 7.92. The van der Waals surface area contributed by atoms with E-state index in [1.165, 1.54) is 18.5 Å². The average Bonchev–Trinajstić information content (AvgIpc) is 3.17. The summed E-state index contributed by atoms with van der Waals surface area (Å²) in [7, 11) is -0.719. The van der Waals surface area contributed by atoms with E-state index in [1.807, 2.05) is 6.92 Å². The van der Waals surface area contributed by atoms with Crippen molar-refractivity contribution >= 4 is 37.5 Å². The zero-order chi connectivity index (χ0) is 24.5. The summed E-state index contributed by atoms with van der Waals surface area (Å²) in [4.78, 5) is 26.9. The zero-order valence-corrected chi connectivity index (χ0v) is 20.9. The molecular formula is C23H27N3O6S2. The smallest absolute Gasteiger partial charge is 0.308 e. The molecule has 1 aliphatic rings. The molecule has 2 heterocycles. The molecular weight excluding hydrogens is 478 g/mol. The van der Waals surface area contributed by atoms with Crippen molar-refractivity contribution in [3.05, 3.63) is 51.6 Å². The molecule has 0 saturated carbocycles. The van der Waals surface area contributed by atoms with Gasteiger partial charge in [0.25, 0.3) is 5.91 Å². The Balaban J connectivity index is 1.49. The predicted octanol–water partition coefficient (Wildman–Crippen LogP) is 2.64. The Morgan fingerprint density at radius 2 is 1.71 bits per heavy atom. The number of methoxy groups -OCH3 is 2. The van der Waals surface area contributed by atoms with E-state index in [2.05, 4.69) is 0 Å². The van der Waals surface area contributed by atoms with Gasteiger partial charge in [0.1, 0.15) is 0 Å². The normalized spacial score (nSPS) is 15.0. The third-order valence-electron chi connectivity index (χ3n) is 5.88. The van der Waals surface area contributed by atoms with Gasteiger partial charge in [0.2, 0.25) is 10.0 Å². The Morgan fingerprint density at radius 3 is 2.35 bits per heavy atom. The number of fused-ring (bicyclic) bond motifs is 1. The van der Waals surface area contributed by atoms with Crippen LogP contribution >= 0.6 is 11.3 Å². The first kappa shape index (κ1) is 24.2. The van der Waals surface area contributed by atoms with Crippen LogP contribution in [0.4, 0.5) is 0 Å². The highest BCUT2D eigenvalue weighted by Crippen LogP contribution is 2.29. The number of hydrogen-bond acceptors (Lipinski definition) is 7. The van der Waals surface area contributed by atoms with Gasteiger partial charge in [-0.15, -0.1) is 0 Å². The molecule has 0 aliphatic carbocycles. The number of amides is 1. The van der Waals surface area contributed by atoms with Gasteiger partial charge in [0.05, 0.1) is 29.3 Å². The van der Waals surface area contributed by atoms with Gasteiger partial charge in [0.15, 0.2) is 11.5 Å². The highest BCUT2D eigenvalue weighted by molar-refractivity contribution is 7.89. The zero-order valence-electron chi connectivity index (χ0n) is 19.3. The van der Waals surface area contributed by atoms with Gasteiger partial charge in [-0.2, -0.15) is 4.31 Å². The molecule has 0 unspecified atom stereocenters. The molecule has 1 aromatic heterocycles. The Bertz CT molecular complexity index is 1370. The number of rotatable bonds is 7. The summed E-state index contributed by atoms with van der Waals surface area (Å²) in [6, 6.07) is 9.78. The van der Waals surface area contributed by atoms with E-state index in [0.29, 0.717) is 28.3 Å². The van der Waals surface area contributed by atoms with Crippen LogP contribution in [0.5, 0.6) is 11.5 Å². The SMILES string of the molecule is CCCn1c(=O)sc2cc(S(=O)(=O)N3CCN(C(=O)c4ccc(OC)c(OC)c4)CC3)ccc21. The van der Waals surface area contributed by atoms with Crippen LogP contribution in [0, 0.1) is 0 Å². The molecule has 1 saturated heterocycles. The first-order valence-corrected chi connectivity index (χ1v) is 13.2. The maximum Gasteiger partial charge on any atom is 0.308 e. The molecule has 0 N–H and O–H groups in total. The number of thiazole rings is 1. The largest absolute Gasteiger partial charge is 0.493 e. The monoisotopic (exact) mass is 505 g/mol.